The molecule has 108 valence electrons. The maximum absolute atomic E-state index is 12.4. The Balaban J connectivity index is 1.99. The van der Waals surface area contributed by atoms with Crippen molar-refractivity contribution < 1.29 is 13.6 Å². The third-order valence-electron chi connectivity index (χ3n) is 3.21. The van der Waals surface area contributed by atoms with E-state index < -0.39 is 11.5 Å². The number of aromatic amines is 1. The minimum Gasteiger partial charge on any atom is -0.467 e. The van der Waals surface area contributed by atoms with Gasteiger partial charge in [0.05, 0.1) is 24.2 Å². The van der Waals surface area contributed by atoms with Gasteiger partial charge in [-0.25, -0.2) is 4.98 Å². The van der Waals surface area contributed by atoms with E-state index in [2.05, 4.69) is 15.3 Å². The van der Waals surface area contributed by atoms with Gasteiger partial charge in [0.2, 0.25) is 5.71 Å². The fourth-order valence-corrected chi connectivity index (χ4v) is 2.20. The number of carbonyl (C=O) groups is 1. The average molecular weight is 287 g/mol. The van der Waals surface area contributed by atoms with E-state index in [4.69, 9.17) is 8.83 Å². The molecule has 3 aromatic rings. The summed E-state index contributed by atoms with van der Waals surface area (Å²) in [4.78, 5) is 30.6. The third-order valence-corrected chi connectivity index (χ3v) is 3.21. The average Bonchev–Trinajstić information content (AvgIpc) is 3.05. The van der Waals surface area contributed by atoms with Gasteiger partial charge < -0.3 is 19.1 Å². The largest absolute Gasteiger partial charge is 0.467 e. The highest BCUT2D eigenvalue weighted by atomic mass is 16.3. The lowest BCUT2D eigenvalue weighted by Gasteiger charge is -2.10. The molecule has 0 aliphatic rings. The van der Waals surface area contributed by atoms with Gasteiger partial charge in [0.15, 0.2) is 0 Å². The summed E-state index contributed by atoms with van der Waals surface area (Å²) in [5.74, 6) is 0.563. The zero-order valence-corrected chi connectivity index (χ0v) is 11.5. The molecule has 0 aliphatic heterocycles. The lowest BCUT2D eigenvalue weighted by Crippen LogP contribution is -2.27. The normalized spacial score (nSPS) is 12.5. The van der Waals surface area contributed by atoms with Crippen LogP contribution in [0.4, 0.5) is 0 Å². The highest BCUT2D eigenvalue weighted by Gasteiger charge is 2.23. The van der Waals surface area contributed by atoms with Crippen LogP contribution in [-0.2, 0) is 0 Å². The van der Waals surface area contributed by atoms with Crippen molar-refractivity contribution in [3.63, 3.8) is 0 Å². The maximum atomic E-state index is 12.4. The second-order valence-electron chi connectivity index (χ2n) is 4.66. The van der Waals surface area contributed by atoms with Gasteiger partial charge in [-0.15, -0.1) is 0 Å². The van der Waals surface area contributed by atoms with Gasteiger partial charge in [0.1, 0.15) is 16.9 Å². The van der Waals surface area contributed by atoms with Crippen LogP contribution in [0.15, 0.2) is 38.4 Å². The molecule has 0 spiro atoms. The van der Waals surface area contributed by atoms with Crippen molar-refractivity contribution in [2.75, 3.05) is 0 Å². The summed E-state index contributed by atoms with van der Waals surface area (Å²) in [6.07, 6.45) is 2.77. The summed E-state index contributed by atoms with van der Waals surface area (Å²) in [5, 5.41) is 2.92. The molecule has 1 atom stereocenters. The summed E-state index contributed by atoms with van der Waals surface area (Å²) < 4.78 is 10.6. The minimum absolute atomic E-state index is 0.145. The molecule has 7 nitrogen and oxygen atoms in total. The van der Waals surface area contributed by atoms with Gasteiger partial charge in [-0.3, -0.25) is 9.59 Å². The molecule has 0 aromatic carbocycles. The van der Waals surface area contributed by atoms with Crippen LogP contribution in [0.5, 0.6) is 0 Å². The molecule has 0 fully saturated rings. The van der Waals surface area contributed by atoms with Crippen LogP contribution >= 0.6 is 0 Å². The van der Waals surface area contributed by atoms with E-state index in [0.29, 0.717) is 11.5 Å². The molecule has 1 amide bonds. The van der Waals surface area contributed by atoms with Gasteiger partial charge in [-0.05, 0) is 26.0 Å². The fourth-order valence-electron chi connectivity index (χ4n) is 2.20. The Kier molecular flexibility index (Phi) is 3.09. The van der Waals surface area contributed by atoms with Crippen LogP contribution in [0.1, 0.15) is 34.8 Å². The molecule has 0 bridgehead atoms. The number of rotatable bonds is 3. The SMILES string of the molecule is Cc1oc2nc[nH]c(=O)c2c1C(=O)NC(C)c1ccco1. The Morgan fingerprint density at radius 2 is 2.29 bits per heavy atom. The lowest BCUT2D eigenvalue weighted by molar-refractivity contribution is 0.0935. The predicted octanol–water partition coefficient (Wildman–Crippen LogP) is 1.91. The number of furan rings is 2. The van der Waals surface area contributed by atoms with Gasteiger partial charge in [-0.2, -0.15) is 0 Å². The van der Waals surface area contributed by atoms with Crippen LogP contribution in [0.3, 0.4) is 0 Å². The predicted molar refractivity (Wildman–Crippen MR) is 74.0 cm³/mol. The first-order valence-corrected chi connectivity index (χ1v) is 6.39. The molecule has 7 heteroatoms. The molecule has 3 heterocycles. The Labute approximate surface area is 119 Å². The van der Waals surface area contributed by atoms with E-state index in [-0.39, 0.29) is 22.7 Å². The number of aryl methyl sites for hydroxylation is 1. The summed E-state index contributed by atoms with van der Waals surface area (Å²) in [6.45, 7) is 3.41. The smallest absolute Gasteiger partial charge is 0.262 e. The first-order chi connectivity index (χ1) is 10.1. The van der Waals surface area contributed by atoms with Crippen molar-refractivity contribution in [2.45, 2.75) is 19.9 Å². The second-order valence-corrected chi connectivity index (χ2v) is 4.66. The summed E-state index contributed by atoms with van der Waals surface area (Å²) in [5.41, 5.74) is -0.0718. The van der Waals surface area contributed by atoms with Gasteiger partial charge in [-0.1, -0.05) is 0 Å². The molecule has 0 saturated carbocycles. The van der Waals surface area contributed by atoms with Crippen LogP contribution in [0, 0.1) is 6.92 Å². The van der Waals surface area contributed by atoms with E-state index in [9.17, 15) is 9.59 Å². The van der Waals surface area contributed by atoms with Gasteiger partial charge in [0.25, 0.3) is 11.5 Å². The van der Waals surface area contributed by atoms with Crippen molar-refractivity contribution in [3.05, 3.63) is 52.2 Å². The monoisotopic (exact) mass is 287 g/mol. The van der Waals surface area contributed by atoms with E-state index in [1.165, 1.54) is 12.6 Å². The van der Waals surface area contributed by atoms with Crippen LogP contribution < -0.4 is 10.9 Å². The molecule has 0 aliphatic carbocycles. The second kappa shape index (κ2) is 4.93. The number of H-pyrrole nitrogens is 1. The molecule has 21 heavy (non-hydrogen) atoms. The van der Waals surface area contributed by atoms with E-state index >= 15 is 0 Å². The Morgan fingerprint density at radius 1 is 1.48 bits per heavy atom. The van der Waals surface area contributed by atoms with E-state index in [1.54, 1.807) is 26.0 Å². The molecule has 0 saturated heterocycles. The van der Waals surface area contributed by atoms with Crippen molar-refractivity contribution in [1.82, 2.24) is 15.3 Å². The number of fused-ring (bicyclic) bond motifs is 1. The molecule has 3 rings (SSSR count). The number of amides is 1. The first kappa shape index (κ1) is 13.2. The minimum atomic E-state index is -0.410. The van der Waals surface area contributed by atoms with Crippen molar-refractivity contribution in [1.29, 1.82) is 0 Å². The molecule has 2 N–H and O–H groups in total. The van der Waals surface area contributed by atoms with Gasteiger partial charge in [0, 0.05) is 0 Å². The first-order valence-electron chi connectivity index (χ1n) is 6.39. The number of aromatic nitrogens is 2. The summed E-state index contributed by atoms with van der Waals surface area (Å²) in [6, 6.07) is 3.18. The molecular formula is C14H13N3O4. The standard InChI is InChI=1S/C14H13N3O4/c1-7(9-4-3-5-20-9)17-13(19)10-8(2)21-14-11(10)12(18)15-6-16-14/h3-7H,1-2H3,(H,17,19)(H,15,16,18). The van der Waals surface area contributed by atoms with Crippen molar-refractivity contribution in [2.24, 2.45) is 0 Å². The third kappa shape index (κ3) is 2.22. The van der Waals surface area contributed by atoms with Crippen LogP contribution in [0.25, 0.3) is 11.1 Å². The Bertz CT molecular complexity index is 845. The van der Waals surface area contributed by atoms with Crippen molar-refractivity contribution >= 4 is 17.0 Å². The number of hydrogen-bond donors (Lipinski definition) is 2. The molecule has 3 aromatic heterocycles. The van der Waals surface area contributed by atoms with Crippen molar-refractivity contribution in [3.8, 4) is 0 Å². The Hall–Kier alpha value is -2.83. The lowest BCUT2D eigenvalue weighted by atomic mass is 10.1. The van der Waals surface area contributed by atoms with E-state index in [0.717, 1.165) is 0 Å². The molecule has 0 radical (unpaired) electrons. The molecule has 1 unspecified atom stereocenters. The quantitative estimate of drug-likeness (QED) is 0.766. The van der Waals surface area contributed by atoms with Crippen LogP contribution in [0.2, 0.25) is 0 Å². The fraction of sp³-hybridized carbons (Fsp3) is 0.214. The highest BCUT2D eigenvalue weighted by molar-refractivity contribution is 6.06. The maximum Gasteiger partial charge on any atom is 0.262 e. The summed E-state index contributed by atoms with van der Waals surface area (Å²) >= 11 is 0. The highest BCUT2D eigenvalue weighted by Crippen LogP contribution is 2.21. The number of carbonyl (C=O) groups excluding carboxylic acids is 1. The zero-order chi connectivity index (χ0) is 15.0. The Morgan fingerprint density at radius 3 is 3.00 bits per heavy atom. The topological polar surface area (TPSA) is 101 Å². The zero-order valence-electron chi connectivity index (χ0n) is 11.5. The summed E-state index contributed by atoms with van der Waals surface area (Å²) in [7, 11) is 0. The molecular weight excluding hydrogens is 274 g/mol. The van der Waals surface area contributed by atoms with Gasteiger partial charge >= 0.3 is 0 Å². The van der Waals surface area contributed by atoms with E-state index in [1.807, 2.05) is 0 Å². The van der Waals surface area contributed by atoms with Crippen LogP contribution in [-0.4, -0.2) is 15.9 Å². The number of nitrogens with one attached hydrogen (secondary N) is 2. The number of hydrogen-bond acceptors (Lipinski definition) is 5. The number of nitrogens with zero attached hydrogens (tertiary/aromatic N) is 1.